The zero-order valence-electron chi connectivity index (χ0n) is 15.4. The van der Waals surface area contributed by atoms with Gasteiger partial charge in [-0.15, -0.1) is 0 Å². The molecule has 0 atom stereocenters. The summed E-state index contributed by atoms with van der Waals surface area (Å²) in [4.78, 5) is 18.1. The zero-order valence-corrected chi connectivity index (χ0v) is 15.4. The largest absolute Gasteiger partial charge is 0.384 e. The maximum Gasteiger partial charge on any atom is 0.292 e. The van der Waals surface area contributed by atoms with Crippen molar-refractivity contribution in [2.75, 3.05) is 35.2 Å². The summed E-state index contributed by atoms with van der Waals surface area (Å²) in [6.07, 6.45) is 7.72. The van der Waals surface area contributed by atoms with Gasteiger partial charge in [0, 0.05) is 49.7 Å². The number of benzene rings is 1. The summed E-state index contributed by atoms with van der Waals surface area (Å²) in [5.41, 5.74) is 3.76. The van der Waals surface area contributed by atoms with E-state index in [2.05, 4.69) is 32.7 Å². The smallest absolute Gasteiger partial charge is 0.292 e. The van der Waals surface area contributed by atoms with E-state index in [-0.39, 0.29) is 10.6 Å². The third kappa shape index (κ3) is 3.82. The second kappa shape index (κ2) is 7.82. The molecule has 0 amide bonds. The summed E-state index contributed by atoms with van der Waals surface area (Å²) in [6, 6.07) is 7.49. The Morgan fingerprint density at radius 1 is 1.15 bits per heavy atom. The first kappa shape index (κ1) is 17.6. The summed E-state index contributed by atoms with van der Waals surface area (Å²) in [6.45, 7) is 3.47. The first-order valence-electron chi connectivity index (χ1n) is 9.70. The van der Waals surface area contributed by atoms with Gasteiger partial charge in [-0.05, 0) is 37.0 Å². The second-order valence-electron chi connectivity index (χ2n) is 7.20. The number of hydrogen-bond donors (Lipinski definition) is 2. The van der Waals surface area contributed by atoms with E-state index in [0.29, 0.717) is 12.2 Å². The molecule has 1 saturated heterocycles. The van der Waals surface area contributed by atoms with Crippen molar-refractivity contribution in [3.63, 3.8) is 0 Å². The monoisotopic (exact) mass is 367 g/mol. The van der Waals surface area contributed by atoms with Crippen molar-refractivity contribution in [3.05, 3.63) is 51.7 Å². The molecule has 0 bridgehead atoms. The van der Waals surface area contributed by atoms with Crippen molar-refractivity contribution in [2.45, 2.75) is 38.6 Å². The minimum Gasteiger partial charge on any atom is -0.384 e. The van der Waals surface area contributed by atoms with Crippen molar-refractivity contribution in [2.24, 2.45) is 0 Å². The highest BCUT2D eigenvalue weighted by atomic mass is 16.6. The van der Waals surface area contributed by atoms with Crippen LogP contribution in [0.25, 0.3) is 0 Å². The molecule has 4 rings (SSSR count). The molecule has 1 fully saturated rings. The average molecular weight is 367 g/mol. The molecule has 2 N–H and O–H groups in total. The number of fused-ring (bicyclic) bond motifs is 1. The van der Waals surface area contributed by atoms with Gasteiger partial charge >= 0.3 is 0 Å². The van der Waals surface area contributed by atoms with Crippen LogP contribution in [0.4, 0.5) is 22.9 Å². The molecule has 2 aliphatic rings. The van der Waals surface area contributed by atoms with Crippen molar-refractivity contribution < 1.29 is 4.92 Å². The molecule has 0 unspecified atom stereocenters. The Balaban J connectivity index is 1.48. The van der Waals surface area contributed by atoms with Gasteiger partial charge < -0.3 is 15.5 Å². The van der Waals surface area contributed by atoms with Crippen LogP contribution < -0.4 is 15.5 Å². The fraction of sp³-hybridized carbons (Fsp3) is 0.450. The normalized spacial score (nSPS) is 16.4. The highest BCUT2D eigenvalue weighted by molar-refractivity contribution is 5.77. The molecule has 0 radical (unpaired) electrons. The predicted molar refractivity (Wildman–Crippen MR) is 108 cm³/mol. The lowest BCUT2D eigenvalue weighted by Crippen LogP contribution is -2.24. The number of nitrogens with one attached hydrogen (secondary N) is 2. The van der Waals surface area contributed by atoms with Crippen LogP contribution >= 0.6 is 0 Å². The van der Waals surface area contributed by atoms with E-state index in [9.17, 15) is 10.1 Å². The van der Waals surface area contributed by atoms with Gasteiger partial charge in [-0.25, -0.2) is 4.98 Å². The number of anilines is 3. The maximum absolute atomic E-state index is 11.4. The van der Waals surface area contributed by atoms with Gasteiger partial charge in [0.1, 0.15) is 11.5 Å². The van der Waals surface area contributed by atoms with E-state index >= 15 is 0 Å². The molecule has 0 saturated carbocycles. The summed E-state index contributed by atoms with van der Waals surface area (Å²) in [5, 5.41) is 18.0. The molecule has 1 aromatic heterocycles. The topological polar surface area (TPSA) is 83.3 Å². The van der Waals surface area contributed by atoms with Crippen LogP contribution in [0.1, 0.15) is 36.8 Å². The van der Waals surface area contributed by atoms with Crippen LogP contribution in [0.2, 0.25) is 0 Å². The Hall–Kier alpha value is -2.83. The second-order valence-corrected chi connectivity index (χ2v) is 7.20. The third-order valence-corrected chi connectivity index (χ3v) is 5.39. The van der Waals surface area contributed by atoms with Crippen LogP contribution in [0.5, 0.6) is 0 Å². The molecule has 2 aliphatic heterocycles. The van der Waals surface area contributed by atoms with Gasteiger partial charge in [0.25, 0.3) is 5.69 Å². The molecule has 0 aliphatic carbocycles. The lowest BCUT2D eigenvalue weighted by molar-refractivity contribution is -0.384. The Labute approximate surface area is 158 Å². The number of aromatic nitrogens is 1. The number of nitrogens with zero attached hydrogens (tertiary/aromatic N) is 3. The maximum atomic E-state index is 11.4. The van der Waals surface area contributed by atoms with Crippen molar-refractivity contribution in [1.82, 2.24) is 4.98 Å². The molecule has 27 heavy (non-hydrogen) atoms. The fourth-order valence-electron chi connectivity index (χ4n) is 3.93. The quantitative estimate of drug-likeness (QED) is 0.615. The summed E-state index contributed by atoms with van der Waals surface area (Å²) < 4.78 is 0. The molecule has 7 nitrogen and oxygen atoms in total. The van der Waals surface area contributed by atoms with Crippen LogP contribution in [-0.2, 0) is 13.0 Å². The molecule has 3 heterocycles. The lowest BCUT2D eigenvalue weighted by Gasteiger charge is -2.21. The summed E-state index contributed by atoms with van der Waals surface area (Å²) in [7, 11) is 0. The molecule has 142 valence electrons. The van der Waals surface area contributed by atoms with E-state index in [1.807, 2.05) is 6.20 Å². The van der Waals surface area contributed by atoms with Crippen molar-refractivity contribution in [1.29, 1.82) is 0 Å². The zero-order chi connectivity index (χ0) is 18.6. The third-order valence-electron chi connectivity index (χ3n) is 5.39. The van der Waals surface area contributed by atoms with E-state index < -0.39 is 0 Å². The minimum atomic E-state index is -0.318. The van der Waals surface area contributed by atoms with E-state index in [1.54, 1.807) is 12.1 Å². The molecular formula is C20H25N5O2. The van der Waals surface area contributed by atoms with Crippen LogP contribution in [0.3, 0.4) is 0 Å². The van der Waals surface area contributed by atoms with E-state index in [1.165, 1.54) is 25.7 Å². The Bertz CT molecular complexity index is 814. The molecule has 1 aromatic carbocycles. The van der Waals surface area contributed by atoms with Crippen molar-refractivity contribution >= 4 is 22.9 Å². The lowest BCUT2D eigenvalue weighted by atomic mass is 10.1. The first-order chi connectivity index (χ1) is 13.2. The predicted octanol–water partition coefficient (Wildman–Crippen LogP) is 3.95. The molecule has 0 spiro atoms. The Morgan fingerprint density at radius 2 is 1.96 bits per heavy atom. The first-order valence-corrected chi connectivity index (χ1v) is 9.70. The van der Waals surface area contributed by atoms with Crippen molar-refractivity contribution in [3.8, 4) is 0 Å². The minimum absolute atomic E-state index is 0.131. The highest BCUT2D eigenvalue weighted by Crippen LogP contribution is 2.37. The number of nitro groups is 1. The van der Waals surface area contributed by atoms with Gasteiger partial charge in [0.15, 0.2) is 0 Å². The van der Waals surface area contributed by atoms with Crippen LogP contribution in [0, 0.1) is 10.1 Å². The number of hydrogen-bond acceptors (Lipinski definition) is 6. The van der Waals surface area contributed by atoms with E-state index in [0.717, 1.165) is 48.7 Å². The number of pyridine rings is 1. The SMILES string of the molecule is O=[N+]([O-])c1ccc2c(c1NCc1ccc(N3CCCCCC3)nc1)CCN2. The Morgan fingerprint density at radius 3 is 2.67 bits per heavy atom. The molecular weight excluding hydrogens is 342 g/mol. The summed E-state index contributed by atoms with van der Waals surface area (Å²) in [5.74, 6) is 1.02. The fourth-order valence-corrected chi connectivity index (χ4v) is 3.93. The number of rotatable bonds is 5. The highest BCUT2D eigenvalue weighted by Gasteiger charge is 2.23. The van der Waals surface area contributed by atoms with Gasteiger partial charge in [-0.3, -0.25) is 10.1 Å². The standard InChI is InChI=1S/C20H25N5O2/c26-25(27)18-7-6-17-16(9-10-21-17)20(18)23-14-15-5-8-19(22-13-15)24-11-3-1-2-4-12-24/h5-8,13,21,23H,1-4,9-12,14H2. The number of nitro benzene ring substituents is 1. The van der Waals surface area contributed by atoms with Gasteiger partial charge in [-0.1, -0.05) is 18.9 Å². The van der Waals surface area contributed by atoms with Gasteiger partial charge in [-0.2, -0.15) is 0 Å². The van der Waals surface area contributed by atoms with Crippen LogP contribution in [0.15, 0.2) is 30.5 Å². The van der Waals surface area contributed by atoms with E-state index in [4.69, 9.17) is 0 Å². The van der Waals surface area contributed by atoms with Gasteiger partial charge in [0.2, 0.25) is 0 Å². The Kier molecular flexibility index (Phi) is 5.09. The molecule has 7 heteroatoms. The summed E-state index contributed by atoms with van der Waals surface area (Å²) >= 11 is 0. The average Bonchev–Trinajstić information content (AvgIpc) is 3.00. The van der Waals surface area contributed by atoms with Crippen LogP contribution in [-0.4, -0.2) is 29.5 Å². The molecule has 2 aromatic rings. The van der Waals surface area contributed by atoms with Gasteiger partial charge in [0.05, 0.1) is 4.92 Å².